The van der Waals surface area contributed by atoms with Crippen molar-refractivity contribution in [1.29, 1.82) is 0 Å². The number of ether oxygens (including phenoxy) is 2. The summed E-state index contributed by atoms with van der Waals surface area (Å²) in [7, 11) is 1.56. The summed E-state index contributed by atoms with van der Waals surface area (Å²) in [4.78, 5) is 25.6. The highest BCUT2D eigenvalue weighted by Gasteiger charge is 2.34. The molecule has 2 aromatic heterocycles. The number of benzene rings is 1. The Labute approximate surface area is 148 Å². The summed E-state index contributed by atoms with van der Waals surface area (Å²) in [6.45, 7) is 2.53. The Morgan fingerprint density at radius 1 is 1.19 bits per heavy atom. The second kappa shape index (κ2) is 6.25. The predicted molar refractivity (Wildman–Crippen MR) is 92.8 cm³/mol. The molecule has 7 heteroatoms. The smallest absolute Gasteiger partial charge is 0.339 e. The second-order valence-electron chi connectivity index (χ2n) is 6.16. The van der Waals surface area contributed by atoms with Crippen LogP contribution in [0.5, 0.6) is 11.5 Å². The maximum Gasteiger partial charge on any atom is 0.339 e. The molecule has 26 heavy (non-hydrogen) atoms. The molecule has 0 atom stereocenters. The molecule has 1 fully saturated rings. The summed E-state index contributed by atoms with van der Waals surface area (Å²) in [5.41, 5.74) is 0.0987. The van der Waals surface area contributed by atoms with Gasteiger partial charge in [-0.2, -0.15) is 0 Å². The minimum absolute atomic E-state index is 0.168. The van der Waals surface area contributed by atoms with Crippen LogP contribution in [-0.2, 0) is 0 Å². The number of nitrogens with zero attached hydrogens (tertiary/aromatic N) is 1. The van der Waals surface area contributed by atoms with Crippen molar-refractivity contribution in [2.75, 3.05) is 20.2 Å². The summed E-state index contributed by atoms with van der Waals surface area (Å²) in [6, 6.07) is 10.1. The van der Waals surface area contributed by atoms with Gasteiger partial charge in [-0.1, -0.05) is 12.1 Å². The Morgan fingerprint density at radius 3 is 2.73 bits per heavy atom. The monoisotopic (exact) mass is 355 g/mol. The summed E-state index contributed by atoms with van der Waals surface area (Å²) in [5, 5.41) is 0.813. The number of para-hydroxylation sites is 1. The van der Waals surface area contributed by atoms with Crippen molar-refractivity contribution in [3.05, 3.63) is 58.3 Å². The molecular weight excluding hydrogens is 338 g/mol. The Balaban J connectivity index is 1.44. The van der Waals surface area contributed by atoms with Gasteiger partial charge in [0.05, 0.1) is 26.3 Å². The van der Waals surface area contributed by atoms with E-state index in [0.29, 0.717) is 35.9 Å². The van der Waals surface area contributed by atoms with E-state index in [2.05, 4.69) is 0 Å². The third kappa shape index (κ3) is 2.92. The number of fused-ring (bicyclic) bond motifs is 1. The van der Waals surface area contributed by atoms with Gasteiger partial charge < -0.3 is 23.2 Å². The number of hydrogen-bond acceptors (Lipinski definition) is 6. The summed E-state index contributed by atoms with van der Waals surface area (Å²) in [5.74, 6) is 1.58. The Kier molecular flexibility index (Phi) is 3.91. The fourth-order valence-electron chi connectivity index (χ4n) is 2.97. The molecule has 3 aromatic rings. The van der Waals surface area contributed by atoms with Gasteiger partial charge >= 0.3 is 5.63 Å². The average Bonchev–Trinajstić information content (AvgIpc) is 3.00. The first-order chi connectivity index (χ1) is 12.5. The van der Waals surface area contributed by atoms with Crippen molar-refractivity contribution in [3.8, 4) is 11.5 Å². The van der Waals surface area contributed by atoms with Crippen LogP contribution in [-0.4, -0.2) is 37.1 Å². The van der Waals surface area contributed by atoms with Gasteiger partial charge in [0.25, 0.3) is 5.91 Å². The first kappa shape index (κ1) is 16.3. The maximum atomic E-state index is 12.6. The van der Waals surface area contributed by atoms with Crippen molar-refractivity contribution in [3.63, 3.8) is 0 Å². The normalized spacial score (nSPS) is 14.3. The van der Waals surface area contributed by atoms with Gasteiger partial charge in [-0.05, 0) is 19.1 Å². The molecule has 1 aliphatic rings. The van der Waals surface area contributed by atoms with E-state index in [1.807, 2.05) is 12.1 Å². The fourth-order valence-corrected chi connectivity index (χ4v) is 2.97. The zero-order valence-electron chi connectivity index (χ0n) is 14.4. The third-order valence-electron chi connectivity index (χ3n) is 4.24. The van der Waals surface area contributed by atoms with Gasteiger partial charge in [0.15, 0.2) is 17.1 Å². The Morgan fingerprint density at radius 2 is 2.00 bits per heavy atom. The lowest BCUT2D eigenvalue weighted by Gasteiger charge is -2.38. The Hall–Kier alpha value is -3.22. The molecule has 0 spiro atoms. The number of carbonyl (C=O) groups excluding carboxylic acids is 1. The SMILES string of the molecule is COc1cccc2cc(C(=O)N3CC(Oc4cc(C)oc(=O)c4)C3)oc12. The second-order valence-corrected chi connectivity index (χ2v) is 6.16. The lowest BCUT2D eigenvalue weighted by molar-refractivity contribution is 0.0154. The minimum atomic E-state index is -0.455. The molecule has 4 rings (SSSR count). The molecule has 0 unspecified atom stereocenters. The standard InChI is InChI=1S/C19H17NO6/c1-11-6-13(8-17(21)24-11)25-14-9-20(10-14)19(22)16-7-12-4-3-5-15(23-2)18(12)26-16/h3-8,14H,9-10H2,1-2H3. The van der Waals surface area contributed by atoms with Crippen LogP contribution in [0.4, 0.5) is 0 Å². The van der Waals surface area contributed by atoms with Gasteiger partial charge in [0, 0.05) is 11.5 Å². The van der Waals surface area contributed by atoms with Crippen LogP contribution < -0.4 is 15.1 Å². The molecule has 0 bridgehead atoms. The number of amides is 1. The van der Waals surface area contributed by atoms with E-state index in [1.165, 1.54) is 6.07 Å². The van der Waals surface area contributed by atoms with E-state index >= 15 is 0 Å². The molecule has 0 saturated carbocycles. The van der Waals surface area contributed by atoms with E-state index < -0.39 is 5.63 Å². The first-order valence-electron chi connectivity index (χ1n) is 8.18. The van der Waals surface area contributed by atoms with Crippen LogP contribution in [0.1, 0.15) is 16.3 Å². The van der Waals surface area contributed by atoms with Gasteiger partial charge in [0.2, 0.25) is 0 Å². The molecule has 1 saturated heterocycles. The largest absolute Gasteiger partial charge is 0.493 e. The number of rotatable bonds is 4. The van der Waals surface area contributed by atoms with Crippen molar-refractivity contribution in [1.82, 2.24) is 4.90 Å². The molecule has 0 N–H and O–H groups in total. The van der Waals surface area contributed by atoms with Crippen molar-refractivity contribution >= 4 is 16.9 Å². The van der Waals surface area contributed by atoms with Crippen molar-refractivity contribution < 1.29 is 23.1 Å². The quantitative estimate of drug-likeness (QED) is 0.715. The average molecular weight is 355 g/mol. The number of furan rings is 1. The van der Waals surface area contributed by atoms with Crippen LogP contribution >= 0.6 is 0 Å². The molecule has 1 amide bonds. The summed E-state index contributed by atoms with van der Waals surface area (Å²) < 4.78 is 21.5. The van der Waals surface area contributed by atoms with Crippen LogP contribution in [0.15, 0.2) is 50.0 Å². The van der Waals surface area contributed by atoms with Crippen LogP contribution in [0.25, 0.3) is 11.0 Å². The highest BCUT2D eigenvalue weighted by Crippen LogP contribution is 2.30. The number of aryl methyl sites for hydroxylation is 1. The summed E-state index contributed by atoms with van der Waals surface area (Å²) >= 11 is 0. The van der Waals surface area contributed by atoms with Crippen molar-refractivity contribution in [2.24, 2.45) is 0 Å². The van der Waals surface area contributed by atoms with Crippen LogP contribution in [0.2, 0.25) is 0 Å². The van der Waals surface area contributed by atoms with E-state index in [0.717, 1.165) is 5.39 Å². The first-order valence-corrected chi connectivity index (χ1v) is 8.18. The van der Waals surface area contributed by atoms with Gasteiger partial charge in [0.1, 0.15) is 17.6 Å². The molecular formula is C19H17NO6. The number of hydrogen-bond donors (Lipinski definition) is 0. The molecule has 0 radical (unpaired) electrons. The Bertz CT molecular complexity index is 1030. The molecule has 0 aliphatic carbocycles. The zero-order chi connectivity index (χ0) is 18.3. The van der Waals surface area contributed by atoms with Crippen LogP contribution in [0.3, 0.4) is 0 Å². The molecule has 134 valence electrons. The lowest BCUT2D eigenvalue weighted by Crippen LogP contribution is -2.56. The van der Waals surface area contributed by atoms with E-state index in [9.17, 15) is 9.59 Å². The van der Waals surface area contributed by atoms with E-state index in [1.54, 1.807) is 37.1 Å². The van der Waals surface area contributed by atoms with Gasteiger partial charge in [-0.25, -0.2) is 4.79 Å². The van der Waals surface area contributed by atoms with Crippen molar-refractivity contribution in [2.45, 2.75) is 13.0 Å². The number of carbonyl (C=O) groups is 1. The molecule has 1 aliphatic heterocycles. The molecule has 7 nitrogen and oxygen atoms in total. The predicted octanol–water partition coefficient (Wildman–Crippen LogP) is 2.61. The van der Waals surface area contributed by atoms with E-state index in [-0.39, 0.29) is 17.8 Å². The zero-order valence-corrected chi connectivity index (χ0v) is 14.4. The fraction of sp³-hybridized carbons (Fsp3) is 0.263. The highest BCUT2D eigenvalue weighted by atomic mass is 16.5. The molecule has 3 heterocycles. The maximum absolute atomic E-state index is 12.6. The number of likely N-dealkylation sites (tertiary alicyclic amines) is 1. The van der Waals surface area contributed by atoms with Crippen LogP contribution in [0, 0.1) is 6.92 Å². The molecule has 1 aromatic carbocycles. The van der Waals surface area contributed by atoms with Gasteiger partial charge in [-0.15, -0.1) is 0 Å². The minimum Gasteiger partial charge on any atom is -0.493 e. The number of methoxy groups -OCH3 is 1. The van der Waals surface area contributed by atoms with E-state index in [4.69, 9.17) is 18.3 Å². The third-order valence-corrected chi connectivity index (χ3v) is 4.24. The lowest BCUT2D eigenvalue weighted by atomic mass is 10.1. The van der Waals surface area contributed by atoms with Gasteiger partial charge in [-0.3, -0.25) is 4.79 Å². The highest BCUT2D eigenvalue weighted by molar-refractivity contribution is 5.97. The topological polar surface area (TPSA) is 82.1 Å². The summed E-state index contributed by atoms with van der Waals surface area (Å²) in [6.07, 6.45) is -0.168.